The third-order valence-electron chi connectivity index (χ3n) is 6.71. The molecule has 1 unspecified atom stereocenters. The molecule has 2 aliphatic rings. The molecule has 0 aliphatic carbocycles. The maximum Gasteiger partial charge on any atom is 0.211 e. The largest absolute Gasteiger partial charge is 0.463 e. The van der Waals surface area contributed by atoms with Gasteiger partial charge in [0.05, 0.1) is 5.41 Å². The minimum atomic E-state index is -0.552. The van der Waals surface area contributed by atoms with Gasteiger partial charge in [0.2, 0.25) is 5.72 Å². The van der Waals surface area contributed by atoms with Crippen molar-refractivity contribution in [3.05, 3.63) is 107 Å². The van der Waals surface area contributed by atoms with E-state index in [1.807, 2.05) is 25.2 Å². The molecule has 1 spiro atoms. The Morgan fingerprint density at radius 1 is 1.00 bits per heavy atom. The highest BCUT2D eigenvalue weighted by Crippen LogP contribution is 2.54. The van der Waals surface area contributed by atoms with Crippen molar-refractivity contribution in [1.82, 2.24) is 0 Å². The van der Waals surface area contributed by atoms with E-state index >= 15 is 0 Å². The lowest BCUT2D eigenvalue weighted by molar-refractivity contribution is -0.104. The van der Waals surface area contributed by atoms with Crippen LogP contribution in [0.5, 0.6) is 5.75 Å². The molecule has 2 aliphatic heterocycles. The van der Waals surface area contributed by atoms with Gasteiger partial charge in [-0.25, -0.2) is 0 Å². The molecule has 0 radical (unpaired) electrons. The average molecular weight is 438 g/mol. The summed E-state index contributed by atoms with van der Waals surface area (Å²) in [6, 6.07) is 14.9. The lowest BCUT2D eigenvalue weighted by Gasteiger charge is -2.45. The molecule has 4 rings (SSSR count). The fraction of sp³-hybridized carbons (Fsp3) is 0.233. The van der Waals surface area contributed by atoms with E-state index in [9.17, 15) is 4.79 Å². The number of likely N-dealkylation sites (N-methyl/N-ethyl adjacent to an activating group) is 1. The third kappa shape index (κ3) is 4.00. The molecule has 1 atom stereocenters. The summed E-state index contributed by atoms with van der Waals surface area (Å²) < 4.78 is 6.73. The molecule has 0 bridgehead atoms. The highest BCUT2D eigenvalue weighted by molar-refractivity contribution is 5.73. The van der Waals surface area contributed by atoms with Crippen molar-refractivity contribution in [2.75, 3.05) is 11.9 Å². The molecule has 0 aromatic heterocycles. The van der Waals surface area contributed by atoms with Crippen LogP contribution in [0.15, 0.2) is 90.1 Å². The van der Waals surface area contributed by atoms with Crippen LogP contribution in [0.4, 0.5) is 5.69 Å². The molecular weight excluding hydrogens is 406 g/mol. The number of hydrogen-bond donors (Lipinski definition) is 0. The summed E-state index contributed by atoms with van der Waals surface area (Å²) in [5.74, 6) is 0.898. The van der Waals surface area contributed by atoms with Gasteiger partial charge in [0.25, 0.3) is 0 Å². The van der Waals surface area contributed by atoms with E-state index in [0.717, 1.165) is 34.3 Å². The van der Waals surface area contributed by atoms with E-state index in [0.29, 0.717) is 0 Å². The molecule has 2 heterocycles. The molecule has 0 fully saturated rings. The first kappa shape index (κ1) is 22.6. The topological polar surface area (TPSA) is 29.5 Å². The predicted octanol–water partition coefficient (Wildman–Crippen LogP) is 6.88. The van der Waals surface area contributed by atoms with E-state index in [-0.39, 0.29) is 5.41 Å². The standard InChI is InChI=1S/C30H31NO2/c1-22(9-8-10-23(2)18-20-32)13-14-24-15-16-28-25(21-24)17-19-30(33-28)29(3,4)26-11-6-7-12-27(26)31(30)5/h6-21H,1-5H3/b10-8+,14-13+,22-9+,23-18+. The van der Waals surface area contributed by atoms with Crippen LogP contribution in [0.3, 0.4) is 0 Å². The molecule has 0 saturated heterocycles. The summed E-state index contributed by atoms with van der Waals surface area (Å²) in [6.07, 6.45) is 16.8. The Morgan fingerprint density at radius 3 is 2.52 bits per heavy atom. The van der Waals surface area contributed by atoms with Crippen LogP contribution in [0, 0.1) is 0 Å². The van der Waals surface area contributed by atoms with Gasteiger partial charge < -0.3 is 9.64 Å². The number of hydrogen-bond acceptors (Lipinski definition) is 3. The van der Waals surface area contributed by atoms with E-state index in [2.05, 4.69) is 99.5 Å². The number of anilines is 1. The summed E-state index contributed by atoms with van der Waals surface area (Å²) >= 11 is 0. The van der Waals surface area contributed by atoms with E-state index in [1.165, 1.54) is 11.3 Å². The fourth-order valence-corrected chi connectivity index (χ4v) is 4.70. The summed E-state index contributed by atoms with van der Waals surface area (Å²) in [5.41, 5.74) is 6.02. The van der Waals surface area contributed by atoms with Gasteiger partial charge >= 0.3 is 0 Å². The first-order valence-corrected chi connectivity index (χ1v) is 11.3. The molecule has 33 heavy (non-hydrogen) atoms. The van der Waals surface area contributed by atoms with Crippen LogP contribution in [-0.2, 0) is 10.2 Å². The molecule has 2 aromatic carbocycles. The van der Waals surface area contributed by atoms with Crippen molar-refractivity contribution >= 4 is 24.1 Å². The number of nitrogens with zero attached hydrogens (tertiary/aromatic N) is 1. The number of para-hydroxylation sites is 1. The molecule has 0 saturated carbocycles. The number of carbonyl (C=O) groups is 1. The maximum atomic E-state index is 10.5. The molecule has 168 valence electrons. The summed E-state index contributed by atoms with van der Waals surface area (Å²) in [4.78, 5) is 12.7. The molecular formula is C30H31NO2. The van der Waals surface area contributed by atoms with Crippen molar-refractivity contribution in [2.45, 2.75) is 38.8 Å². The molecule has 3 heteroatoms. The molecule has 0 amide bonds. The zero-order chi connectivity index (χ0) is 23.6. The lowest BCUT2D eigenvalue weighted by atomic mass is 9.76. The van der Waals surface area contributed by atoms with Crippen LogP contribution in [0.25, 0.3) is 12.2 Å². The van der Waals surface area contributed by atoms with Gasteiger partial charge in [-0.1, -0.05) is 60.2 Å². The zero-order valence-electron chi connectivity index (χ0n) is 20.0. The van der Waals surface area contributed by atoms with Gasteiger partial charge in [0.1, 0.15) is 12.0 Å². The Morgan fingerprint density at radius 2 is 1.76 bits per heavy atom. The summed E-state index contributed by atoms with van der Waals surface area (Å²) in [7, 11) is 2.11. The number of benzene rings is 2. The van der Waals surface area contributed by atoms with E-state index < -0.39 is 5.72 Å². The summed E-state index contributed by atoms with van der Waals surface area (Å²) in [6.45, 7) is 8.46. The third-order valence-corrected chi connectivity index (χ3v) is 6.71. The number of allylic oxidation sites excluding steroid dienone is 7. The normalized spacial score (nSPS) is 21.5. The Hall–Kier alpha value is -3.59. The second-order valence-electron chi connectivity index (χ2n) is 9.28. The maximum absolute atomic E-state index is 10.5. The lowest BCUT2D eigenvalue weighted by Crippen LogP contribution is -2.58. The van der Waals surface area contributed by atoms with Crippen LogP contribution in [-0.4, -0.2) is 19.1 Å². The second-order valence-corrected chi connectivity index (χ2v) is 9.28. The number of carbonyl (C=O) groups excluding carboxylic acids is 1. The second kappa shape index (κ2) is 8.74. The average Bonchev–Trinajstić information content (AvgIpc) is 2.96. The number of aldehydes is 1. The van der Waals surface area contributed by atoms with Gasteiger partial charge in [-0.2, -0.15) is 0 Å². The van der Waals surface area contributed by atoms with Crippen LogP contribution in [0.1, 0.15) is 44.4 Å². The van der Waals surface area contributed by atoms with E-state index in [4.69, 9.17) is 4.74 Å². The predicted molar refractivity (Wildman–Crippen MR) is 138 cm³/mol. The Bertz CT molecular complexity index is 1230. The number of fused-ring (bicyclic) bond motifs is 2. The monoisotopic (exact) mass is 437 g/mol. The number of rotatable bonds is 5. The van der Waals surface area contributed by atoms with Crippen LogP contribution >= 0.6 is 0 Å². The number of ether oxygens (including phenoxy) is 1. The van der Waals surface area contributed by atoms with E-state index in [1.54, 1.807) is 6.08 Å². The van der Waals surface area contributed by atoms with Gasteiger partial charge in [-0.3, -0.25) is 4.79 Å². The Kier molecular flexibility index (Phi) is 5.99. The fourth-order valence-electron chi connectivity index (χ4n) is 4.70. The highest BCUT2D eigenvalue weighted by Gasteiger charge is 2.57. The van der Waals surface area contributed by atoms with Crippen molar-refractivity contribution in [3.8, 4) is 5.75 Å². The van der Waals surface area contributed by atoms with Crippen LogP contribution < -0.4 is 9.64 Å². The van der Waals surface area contributed by atoms with Gasteiger partial charge in [0, 0.05) is 18.3 Å². The van der Waals surface area contributed by atoms with Gasteiger partial charge in [-0.15, -0.1) is 0 Å². The Labute approximate surface area is 197 Å². The summed E-state index contributed by atoms with van der Waals surface area (Å²) in [5, 5.41) is 0. The quantitative estimate of drug-likeness (QED) is 0.290. The first-order valence-electron chi connectivity index (χ1n) is 11.3. The van der Waals surface area contributed by atoms with Crippen molar-refractivity contribution in [1.29, 1.82) is 0 Å². The zero-order valence-corrected chi connectivity index (χ0v) is 20.0. The molecule has 2 aromatic rings. The van der Waals surface area contributed by atoms with Crippen LogP contribution in [0.2, 0.25) is 0 Å². The molecule has 0 N–H and O–H groups in total. The minimum absolute atomic E-state index is 0.195. The van der Waals surface area contributed by atoms with Crippen molar-refractivity contribution in [3.63, 3.8) is 0 Å². The minimum Gasteiger partial charge on any atom is -0.463 e. The highest BCUT2D eigenvalue weighted by atomic mass is 16.5. The SMILES string of the molecule is CC(/C=C/C=C(C)/C=C/c1ccc2c(c1)C=CC1(O2)N(C)c2ccccc2C1(C)C)=C\C=O. The smallest absolute Gasteiger partial charge is 0.211 e. The first-order chi connectivity index (χ1) is 15.8. The van der Waals surface area contributed by atoms with Crippen molar-refractivity contribution < 1.29 is 9.53 Å². The van der Waals surface area contributed by atoms with Gasteiger partial charge in [0.15, 0.2) is 0 Å². The molecule has 3 nitrogen and oxygen atoms in total. The van der Waals surface area contributed by atoms with Crippen molar-refractivity contribution in [2.24, 2.45) is 0 Å². The van der Waals surface area contributed by atoms with Gasteiger partial charge in [-0.05, 0) is 80.8 Å². The Balaban J connectivity index is 1.55.